The van der Waals surface area contributed by atoms with Gasteiger partial charge in [-0.15, -0.1) is 11.3 Å². The summed E-state index contributed by atoms with van der Waals surface area (Å²) in [6, 6.07) is 1.48. The largest absolute Gasteiger partial charge is 0.319 e. The number of thiazole rings is 1. The molecule has 0 aromatic carbocycles. The molecule has 0 radical (unpaired) electrons. The van der Waals surface area contributed by atoms with E-state index in [0.29, 0.717) is 6.04 Å². The first kappa shape index (κ1) is 11.6. The molecule has 17 heavy (non-hydrogen) atoms. The second-order valence-corrected chi connectivity index (χ2v) is 6.20. The maximum absolute atomic E-state index is 4.28. The van der Waals surface area contributed by atoms with Gasteiger partial charge >= 0.3 is 0 Å². The van der Waals surface area contributed by atoms with Crippen LogP contribution in [0.3, 0.4) is 0 Å². The van der Waals surface area contributed by atoms with Crippen LogP contribution in [0, 0.1) is 5.92 Å². The fourth-order valence-corrected chi connectivity index (χ4v) is 4.00. The van der Waals surface area contributed by atoms with E-state index in [1.165, 1.54) is 37.1 Å². The van der Waals surface area contributed by atoms with Crippen molar-refractivity contribution in [2.45, 2.75) is 37.8 Å². The number of nitrogens with zero attached hydrogens (tertiary/aromatic N) is 2. The first-order valence-electron chi connectivity index (χ1n) is 6.69. The Morgan fingerprint density at radius 2 is 2.35 bits per heavy atom. The highest BCUT2D eigenvalue weighted by atomic mass is 32.1. The van der Waals surface area contributed by atoms with Gasteiger partial charge in [0, 0.05) is 17.1 Å². The SMILES string of the molecule is CNCC1CCCN(C2CC2)C1c1cncs1. The van der Waals surface area contributed by atoms with E-state index in [1.54, 1.807) is 0 Å². The first-order valence-corrected chi connectivity index (χ1v) is 7.57. The predicted molar refractivity (Wildman–Crippen MR) is 71.2 cm³/mol. The van der Waals surface area contributed by atoms with Crippen molar-refractivity contribution in [2.75, 3.05) is 20.1 Å². The summed E-state index contributed by atoms with van der Waals surface area (Å²) in [5, 5.41) is 3.37. The molecular formula is C13H21N3S. The van der Waals surface area contributed by atoms with Gasteiger partial charge in [-0.3, -0.25) is 9.88 Å². The molecule has 1 saturated carbocycles. The van der Waals surface area contributed by atoms with Gasteiger partial charge in [0.2, 0.25) is 0 Å². The zero-order valence-corrected chi connectivity index (χ0v) is 11.2. The van der Waals surface area contributed by atoms with E-state index < -0.39 is 0 Å². The number of piperidine rings is 1. The van der Waals surface area contributed by atoms with Crippen LogP contribution in [0.5, 0.6) is 0 Å². The summed E-state index contributed by atoms with van der Waals surface area (Å²) in [4.78, 5) is 8.50. The van der Waals surface area contributed by atoms with Gasteiger partial charge in [-0.2, -0.15) is 0 Å². The molecule has 0 bridgehead atoms. The van der Waals surface area contributed by atoms with Gasteiger partial charge < -0.3 is 5.32 Å². The second-order valence-electron chi connectivity index (χ2n) is 5.28. The van der Waals surface area contributed by atoms with E-state index in [1.807, 2.05) is 16.8 Å². The van der Waals surface area contributed by atoms with E-state index in [2.05, 4.69) is 28.4 Å². The summed E-state index contributed by atoms with van der Waals surface area (Å²) < 4.78 is 0. The van der Waals surface area contributed by atoms with Crippen LogP contribution >= 0.6 is 11.3 Å². The average Bonchev–Trinajstić information content (AvgIpc) is 3.06. The zero-order chi connectivity index (χ0) is 11.7. The van der Waals surface area contributed by atoms with Gasteiger partial charge in [0.15, 0.2) is 0 Å². The molecule has 2 atom stereocenters. The van der Waals surface area contributed by atoms with Crippen LogP contribution in [-0.2, 0) is 0 Å². The van der Waals surface area contributed by atoms with Gasteiger partial charge in [-0.05, 0) is 51.7 Å². The van der Waals surface area contributed by atoms with E-state index >= 15 is 0 Å². The van der Waals surface area contributed by atoms with Gasteiger partial charge in [0.05, 0.1) is 11.6 Å². The second kappa shape index (κ2) is 5.04. The molecule has 3 rings (SSSR count). The highest BCUT2D eigenvalue weighted by molar-refractivity contribution is 7.09. The molecule has 1 aliphatic heterocycles. The quantitative estimate of drug-likeness (QED) is 0.890. The van der Waals surface area contributed by atoms with Crippen molar-refractivity contribution >= 4 is 11.3 Å². The van der Waals surface area contributed by atoms with Gasteiger partial charge in [-0.25, -0.2) is 0 Å². The molecule has 1 saturated heterocycles. The number of aromatic nitrogens is 1. The maximum Gasteiger partial charge on any atom is 0.0794 e. The average molecular weight is 251 g/mol. The lowest BCUT2D eigenvalue weighted by molar-refractivity contribution is 0.0868. The summed E-state index contributed by atoms with van der Waals surface area (Å²) >= 11 is 1.83. The lowest BCUT2D eigenvalue weighted by Crippen LogP contribution is -2.42. The van der Waals surface area contributed by atoms with Crippen molar-refractivity contribution in [2.24, 2.45) is 5.92 Å². The normalized spacial score (nSPS) is 30.6. The van der Waals surface area contributed by atoms with E-state index in [0.717, 1.165) is 18.5 Å². The monoisotopic (exact) mass is 251 g/mol. The molecule has 2 heterocycles. The molecule has 94 valence electrons. The molecule has 1 aliphatic carbocycles. The Morgan fingerprint density at radius 3 is 3.00 bits per heavy atom. The summed E-state index contributed by atoms with van der Waals surface area (Å²) in [5.41, 5.74) is 1.98. The molecule has 0 amide bonds. The highest BCUT2D eigenvalue weighted by Crippen LogP contribution is 2.43. The van der Waals surface area contributed by atoms with Gasteiger partial charge in [0.25, 0.3) is 0 Å². The van der Waals surface area contributed by atoms with Crippen molar-refractivity contribution in [3.05, 3.63) is 16.6 Å². The van der Waals surface area contributed by atoms with E-state index in [4.69, 9.17) is 0 Å². The lowest BCUT2D eigenvalue weighted by atomic mass is 9.88. The minimum absolute atomic E-state index is 0.621. The Hall–Kier alpha value is -0.450. The maximum atomic E-state index is 4.28. The first-order chi connectivity index (χ1) is 8.40. The van der Waals surface area contributed by atoms with Crippen LogP contribution in [-0.4, -0.2) is 36.1 Å². The number of hydrogen-bond acceptors (Lipinski definition) is 4. The van der Waals surface area contributed by atoms with Crippen LogP contribution in [0.25, 0.3) is 0 Å². The van der Waals surface area contributed by atoms with Gasteiger partial charge in [-0.1, -0.05) is 0 Å². The summed E-state index contributed by atoms with van der Waals surface area (Å²) in [6.07, 6.45) is 7.60. The number of hydrogen-bond donors (Lipinski definition) is 1. The van der Waals surface area contributed by atoms with Crippen LogP contribution in [0.15, 0.2) is 11.7 Å². The standard InChI is InChI=1S/C13H21N3S/c1-14-7-10-3-2-6-16(11-4-5-11)13(10)12-8-15-9-17-12/h8-11,13-14H,2-7H2,1H3. The summed E-state index contributed by atoms with van der Waals surface area (Å²) in [7, 11) is 2.07. The number of likely N-dealkylation sites (tertiary alicyclic amines) is 1. The fourth-order valence-electron chi connectivity index (χ4n) is 3.16. The van der Waals surface area contributed by atoms with Crippen LogP contribution in [0.1, 0.15) is 36.6 Å². The Balaban J connectivity index is 1.83. The van der Waals surface area contributed by atoms with E-state index in [9.17, 15) is 0 Å². The molecule has 1 aromatic heterocycles. The highest BCUT2D eigenvalue weighted by Gasteiger charge is 2.40. The van der Waals surface area contributed by atoms with Crippen LogP contribution in [0.2, 0.25) is 0 Å². The lowest BCUT2D eigenvalue weighted by Gasteiger charge is -2.41. The molecule has 2 unspecified atom stereocenters. The fraction of sp³-hybridized carbons (Fsp3) is 0.769. The Kier molecular flexibility index (Phi) is 3.45. The topological polar surface area (TPSA) is 28.2 Å². The molecule has 4 heteroatoms. The number of rotatable bonds is 4. The Labute approximate surface area is 107 Å². The third kappa shape index (κ3) is 2.39. The Bertz CT molecular complexity index is 346. The zero-order valence-electron chi connectivity index (χ0n) is 10.4. The van der Waals surface area contributed by atoms with Crippen LogP contribution in [0.4, 0.5) is 0 Å². The molecule has 2 aliphatic rings. The van der Waals surface area contributed by atoms with Crippen molar-refractivity contribution in [1.29, 1.82) is 0 Å². The summed E-state index contributed by atoms with van der Waals surface area (Å²) in [5.74, 6) is 0.759. The third-order valence-corrected chi connectivity index (χ3v) is 4.87. The van der Waals surface area contributed by atoms with Crippen molar-refractivity contribution in [1.82, 2.24) is 15.2 Å². The molecule has 2 fully saturated rings. The van der Waals surface area contributed by atoms with Gasteiger partial charge in [0.1, 0.15) is 0 Å². The van der Waals surface area contributed by atoms with E-state index in [-0.39, 0.29) is 0 Å². The van der Waals surface area contributed by atoms with Crippen molar-refractivity contribution < 1.29 is 0 Å². The molecule has 1 N–H and O–H groups in total. The number of nitrogens with one attached hydrogen (secondary N) is 1. The van der Waals surface area contributed by atoms with Crippen molar-refractivity contribution in [3.63, 3.8) is 0 Å². The Morgan fingerprint density at radius 1 is 1.47 bits per heavy atom. The van der Waals surface area contributed by atoms with Crippen molar-refractivity contribution in [3.8, 4) is 0 Å². The molecular weight excluding hydrogens is 230 g/mol. The van der Waals surface area contributed by atoms with Crippen LogP contribution < -0.4 is 5.32 Å². The molecule has 0 spiro atoms. The molecule has 3 nitrogen and oxygen atoms in total. The minimum Gasteiger partial charge on any atom is -0.319 e. The molecule has 1 aromatic rings. The summed E-state index contributed by atoms with van der Waals surface area (Å²) in [6.45, 7) is 2.42. The smallest absolute Gasteiger partial charge is 0.0794 e. The minimum atomic E-state index is 0.621. The third-order valence-electron chi connectivity index (χ3n) is 4.02. The predicted octanol–water partition coefficient (Wildman–Crippen LogP) is 2.28.